The molecule has 0 radical (unpaired) electrons. The van der Waals surface area contributed by atoms with Gasteiger partial charge in [0.2, 0.25) is 0 Å². The molecule has 7 heteroatoms. The Morgan fingerprint density at radius 3 is 2.88 bits per heavy atom. The van der Waals surface area contributed by atoms with Crippen LogP contribution >= 0.6 is 0 Å². The van der Waals surface area contributed by atoms with Crippen LogP contribution in [0.1, 0.15) is 44.3 Å². The Hall–Kier alpha value is -2.02. The van der Waals surface area contributed by atoms with Gasteiger partial charge < -0.3 is 9.30 Å². The molecule has 0 amide bonds. The number of aromatic nitrogens is 4. The molecule has 4 rings (SSSR count). The fourth-order valence-corrected chi connectivity index (χ4v) is 4.14. The number of ether oxygens (including phenoxy) is 1. The molecule has 0 unspecified atom stereocenters. The number of nitrogens with zero attached hydrogens (tertiary/aromatic N) is 5. The molecule has 0 aromatic carbocycles. The molecule has 2 aromatic heterocycles. The fraction of sp³-hybridized carbons (Fsp3) is 0.632. The van der Waals surface area contributed by atoms with Crippen molar-refractivity contribution in [3.63, 3.8) is 0 Å². The van der Waals surface area contributed by atoms with Crippen molar-refractivity contribution in [1.82, 2.24) is 24.6 Å². The highest BCUT2D eigenvalue weighted by Gasteiger charge is 2.27. The zero-order valence-electron chi connectivity index (χ0n) is 15.3. The van der Waals surface area contributed by atoms with E-state index in [1.54, 1.807) is 6.07 Å². The number of halogens is 1. The van der Waals surface area contributed by atoms with E-state index in [0.29, 0.717) is 6.04 Å². The summed E-state index contributed by atoms with van der Waals surface area (Å²) < 4.78 is 21.3. The number of pyridine rings is 1. The smallest absolute Gasteiger partial charge is 0.250 e. The topological polar surface area (TPSA) is 56.1 Å². The van der Waals surface area contributed by atoms with Crippen molar-refractivity contribution in [2.75, 3.05) is 13.1 Å². The van der Waals surface area contributed by atoms with Gasteiger partial charge in [0.1, 0.15) is 12.4 Å². The lowest BCUT2D eigenvalue weighted by Gasteiger charge is -2.29. The molecule has 1 atom stereocenters. The summed E-state index contributed by atoms with van der Waals surface area (Å²) >= 11 is 0. The maximum Gasteiger partial charge on any atom is 0.250 e. The van der Waals surface area contributed by atoms with Gasteiger partial charge in [0.15, 0.2) is 11.6 Å². The first-order chi connectivity index (χ1) is 12.7. The Labute approximate surface area is 153 Å². The minimum Gasteiger partial charge on any atom is -0.467 e. The molecule has 0 spiro atoms. The van der Waals surface area contributed by atoms with E-state index in [-0.39, 0.29) is 12.5 Å². The Balaban J connectivity index is 1.42. The molecule has 2 aromatic rings. The van der Waals surface area contributed by atoms with Crippen LogP contribution in [0.15, 0.2) is 18.3 Å². The Morgan fingerprint density at radius 1 is 1.23 bits per heavy atom. The maximum atomic E-state index is 13.7. The number of hydrogen-bond donors (Lipinski definition) is 0. The molecular formula is C19H26FN5O. The summed E-state index contributed by atoms with van der Waals surface area (Å²) in [6.45, 7) is 5.48. The molecular weight excluding hydrogens is 333 g/mol. The highest BCUT2D eigenvalue weighted by atomic mass is 19.1. The minimum atomic E-state index is -0.459. The fourth-order valence-electron chi connectivity index (χ4n) is 4.14. The first kappa shape index (κ1) is 17.4. The van der Waals surface area contributed by atoms with Crippen LogP contribution in [-0.2, 0) is 19.6 Å². The lowest BCUT2D eigenvalue weighted by molar-refractivity contribution is 0.178. The van der Waals surface area contributed by atoms with Gasteiger partial charge in [-0.2, -0.15) is 0 Å². The van der Waals surface area contributed by atoms with Crippen molar-refractivity contribution in [3.05, 3.63) is 35.8 Å². The molecule has 1 aliphatic heterocycles. The average Bonchev–Trinajstić information content (AvgIpc) is 3.25. The van der Waals surface area contributed by atoms with E-state index in [2.05, 4.69) is 31.6 Å². The summed E-state index contributed by atoms with van der Waals surface area (Å²) in [5.41, 5.74) is 0. The lowest BCUT2D eigenvalue weighted by atomic mass is 10.1. The van der Waals surface area contributed by atoms with E-state index >= 15 is 0 Å². The Kier molecular flexibility index (Phi) is 5.15. The SMILES string of the molecule is C[C@@H]1Cc2nnc(COc3ncccc3F)n2CCN1CC1CCCC1. The van der Waals surface area contributed by atoms with E-state index in [1.165, 1.54) is 44.5 Å². The van der Waals surface area contributed by atoms with Crippen molar-refractivity contribution < 1.29 is 9.13 Å². The van der Waals surface area contributed by atoms with E-state index in [9.17, 15) is 4.39 Å². The molecule has 0 saturated heterocycles. The third-order valence-electron chi connectivity index (χ3n) is 5.65. The largest absolute Gasteiger partial charge is 0.467 e. The van der Waals surface area contributed by atoms with Gasteiger partial charge in [-0.15, -0.1) is 10.2 Å². The van der Waals surface area contributed by atoms with Gasteiger partial charge >= 0.3 is 0 Å². The van der Waals surface area contributed by atoms with Crippen molar-refractivity contribution in [2.45, 2.75) is 58.2 Å². The molecule has 1 saturated carbocycles. The standard InChI is InChI=1S/C19H26FN5O/c1-14-11-17-22-23-18(13-26-19-16(20)7-4-8-21-19)25(17)10-9-24(14)12-15-5-2-3-6-15/h4,7-8,14-15H,2-3,5-6,9-13H2,1H3/t14-/m1/s1. The van der Waals surface area contributed by atoms with Crippen LogP contribution in [-0.4, -0.2) is 43.8 Å². The van der Waals surface area contributed by atoms with E-state index in [0.717, 1.165) is 37.1 Å². The summed E-state index contributed by atoms with van der Waals surface area (Å²) in [5, 5.41) is 8.63. The summed E-state index contributed by atoms with van der Waals surface area (Å²) in [5.74, 6) is 2.12. The van der Waals surface area contributed by atoms with Crippen molar-refractivity contribution in [2.24, 2.45) is 5.92 Å². The molecule has 6 nitrogen and oxygen atoms in total. The van der Waals surface area contributed by atoms with E-state index in [1.807, 2.05) is 0 Å². The van der Waals surface area contributed by atoms with Crippen LogP contribution in [0.25, 0.3) is 0 Å². The van der Waals surface area contributed by atoms with Crippen molar-refractivity contribution in [1.29, 1.82) is 0 Å². The minimum absolute atomic E-state index is 0.00898. The van der Waals surface area contributed by atoms with Crippen LogP contribution < -0.4 is 4.74 Å². The summed E-state index contributed by atoms with van der Waals surface area (Å²) in [6.07, 6.45) is 7.89. The van der Waals surface area contributed by atoms with E-state index in [4.69, 9.17) is 4.74 Å². The van der Waals surface area contributed by atoms with Crippen molar-refractivity contribution >= 4 is 0 Å². The predicted molar refractivity (Wildman–Crippen MR) is 95.2 cm³/mol. The molecule has 3 heterocycles. The second-order valence-corrected chi connectivity index (χ2v) is 7.46. The maximum absolute atomic E-state index is 13.7. The van der Waals surface area contributed by atoms with Gasteiger partial charge in [0, 0.05) is 38.3 Å². The quantitative estimate of drug-likeness (QED) is 0.822. The summed E-state index contributed by atoms with van der Waals surface area (Å²) in [7, 11) is 0. The van der Waals surface area contributed by atoms with Gasteiger partial charge in [-0.3, -0.25) is 4.90 Å². The average molecular weight is 359 g/mol. The van der Waals surface area contributed by atoms with Crippen LogP contribution in [0.4, 0.5) is 4.39 Å². The number of hydrogen-bond acceptors (Lipinski definition) is 5. The van der Waals surface area contributed by atoms with Gasteiger partial charge in [0.05, 0.1) is 0 Å². The van der Waals surface area contributed by atoms with Gasteiger partial charge in [-0.1, -0.05) is 12.8 Å². The lowest BCUT2D eigenvalue weighted by Crippen LogP contribution is -2.38. The molecule has 140 valence electrons. The molecule has 1 aliphatic carbocycles. The third kappa shape index (κ3) is 3.72. The van der Waals surface area contributed by atoms with Crippen LogP contribution in [0.3, 0.4) is 0 Å². The first-order valence-corrected chi connectivity index (χ1v) is 9.59. The zero-order chi connectivity index (χ0) is 17.9. The number of rotatable bonds is 5. The molecule has 0 bridgehead atoms. The summed E-state index contributed by atoms with van der Waals surface area (Å²) in [4.78, 5) is 6.52. The van der Waals surface area contributed by atoms with Gasteiger partial charge in [0.25, 0.3) is 5.88 Å². The second kappa shape index (κ2) is 7.70. The van der Waals surface area contributed by atoms with Crippen LogP contribution in [0.2, 0.25) is 0 Å². The predicted octanol–water partition coefficient (Wildman–Crippen LogP) is 2.83. The molecule has 1 fully saturated rings. The third-order valence-corrected chi connectivity index (χ3v) is 5.65. The Morgan fingerprint density at radius 2 is 2.08 bits per heavy atom. The zero-order valence-corrected chi connectivity index (χ0v) is 15.3. The first-order valence-electron chi connectivity index (χ1n) is 9.59. The van der Waals surface area contributed by atoms with Gasteiger partial charge in [-0.25, -0.2) is 9.37 Å². The van der Waals surface area contributed by atoms with Crippen LogP contribution in [0, 0.1) is 11.7 Å². The van der Waals surface area contributed by atoms with Crippen molar-refractivity contribution in [3.8, 4) is 5.88 Å². The van der Waals surface area contributed by atoms with Gasteiger partial charge in [-0.05, 0) is 37.8 Å². The molecule has 26 heavy (non-hydrogen) atoms. The Bertz CT molecular complexity index is 743. The molecule has 0 N–H and O–H groups in total. The molecule has 2 aliphatic rings. The monoisotopic (exact) mass is 359 g/mol. The summed E-state index contributed by atoms with van der Waals surface area (Å²) in [6, 6.07) is 3.35. The highest BCUT2D eigenvalue weighted by molar-refractivity contribution is 5.13. The normalized spacial score (nSPS) is 21.5. The number of fused-ring (bicyclic) bond motifs is 1. The highest BCUT2D eigenvalue weighted by Crippen LogP contribution is 2.27. The van der Waals surface area contributed by atoms with E-state index < -0.39 is 5.82 Å². The van der Waals surface area contributed by atoms with Crippen LogP contribution in [0.5, 0.6) is 5.88 Å². The second-order valence-electron chi connectivity index (χ2n) is 7.46.